The topological polar surface area (TPSA) is 82.9 Å². The molecule has 3 heterocycles. The number of nitrogens with zero attached hydrogens (tertiary/aromatic N) is 6. The first kappa shape index (κ1) is 23.1. The van der Waals surface area contributed by atoms with Crippen LogP contribution >= 0.6 is 0 Å². The van der Waals surface area contributed by atoms with Crippen molar-refractivity contribution in [3.8, 4) is 27.9 Å². The van der Waals surface area contributed by atoms with Gasteiger partial charge in [0.05, 0.1) is 5.69 Å². The van der Waals surface area contributed by atoms with E-state index < -0.39 is 0 Å². The van der Waals surface area contributed by atoms with E-state index in [9.17, 15) is 4.79 Å². The molecule has 0 spiro atoms. The summed E-state index contributed by atoms with van der Waals surface area (Å²) in [5.74, 6) is 0. The number of hydrogen-bond acceptors (Lipinski definition) is 6. The van der Waals surface area contributed by atoms with E-state index in [0.717, 1.165) is 59.5 Å². The molecule has 0 radical (unpaired) electrons. The van der Waals surface area contributed by atoms with Crippen molar-refractivity contribution in [2.24, 2.45) is 0 Å². The number of nitrogens with one attached hydrogen (secondary N) is 1. The fourth-order valence-electron chi connectivity index (χ4n) is 5.04. The molecule has 0 aliphatic carbocycles. The second-order valence-corrected chi connectivity index (χ2v) is 9.78. The number of fused-ring (bicyclic) bond motifs is 1. The van der Waals surface area contributed by atoms with Crippen molar-refractivity contribution in [2.45, 2.75) is 19.9 Å². The molecule has 5 aromatic rings. The third kappa shape index (κ3) is 4.63. The molecule has 0 amide bonds. The monoisotopic (exact) mass is 491 g/mol. The molecular weight excluding hydrogens is 462 g/mol. The number of tetrazole rings is 1. The fraction of sp³-hybridized carbons (Fsp3) is 0.241. The van der Waals surface area contributed by atoms with Crippen LogP contribution in [-0.4, -0.2) is 62.3 Å². The van der Waals surface area contributed by atoms with Gasteiger partial charge in [-0.3, -0.25) is 9.69 Å². The Labute approximate surface area is 215 Å². The highest BCUT2D eigenvalue weighted by Crippen LogP contribution is 2.28. The maximum Gasteiger partial charge on any atom is 0.256 e. The van der Waals surface area contributed by atoms with Crippen molar-refractivity contribution >= 4 is 16.6 Å². The van der Waals surface area contributed by atoms with Gasteiger partial charge in [-0.2, -0.15) is 0 Å². The third-order valence-corrected chi connectivity index (χ3v) is 7.25. The summed E-state index contributed by atoms with van der Waals surface area (Å²) in [6.07, 6.45) is 1.54. The molecule has 6 rings (SSSR count). The van der Waals surface area contributed by atoms with Crippen LogP contribution < -0.4 is 10.5 Å². The van der Waals surface area contributed by atoms with Gasteiger partial charge in [0.1, 0.15) is 6.33 Å². The number of H-pyrrole nitrogens is 1. The van der Waals surface area contributed by atoms with Crippen molar-refractivity contribution in [3.05, 3.63) is 89.5 Å². The first-order valence-electron chi connectivity index (χ1n) is 12.7. The first-order chi connectivity index (χ1) is 18.0. The van der Waals surface area contributed by atoms with E-state index in [2.05, 4.69) is 80.6 Å². The molecule has 8 heteroatoms. The lowest BCUT2D eigenvalue weighted by Gasteiger charge is -2.38. The van der Waals surface area contributed by atoms with Gasteiger partial charge in [-0.1, -0.05) is 30.3 Å². The van der Waals surface area contributed by atoms with Crippen molar-refractivity contribution in [1.29, 1.82) is 0 Å². The molecule has 0 unspecified atom stereocenters. The van der Waals surface area contributed by atoms with Crippen LogP contribution in [0, 0.1) is 0 Å². The lowest BCUT2D eigenvalue weighted by molar-refractivity contribution is 0.209. The van der Waals surface area contributed by atoms with E-state index in [1.165, 1.54) is 5.69 Å². The van der Waals surface area contributed by atoms with Crippen LogP contribution in [0.3, 0.4) is 0 Å². The van der Waals surface area contributed by atoms with Crippen LogP contribution in [-0.2, 0) is 0 Å². The average molecular weight is 492 g/mol. The largest absolute Gasteiger partial charge is 0.369 e. The van der Waals surface area contributed by atoms with E-state index >= 15 is 0 Å². The van der Waals surface area contributed by atoms with Crippen LogP contribution in [0.5, 0.6) is 0 Å². The van der Waals surface area contributed by atoms with Crippen LogP contribution in [0.1, 0.15) is 13.8 Å². The molecule has 1 fully saturated rings. The number of piperazine rings is 1. The van der Waals surface area contributed by atoms with E-state index in [1.807, 2.05) is 36.4 Å². The predicted octanol–water partition coefficient (Wildman–Crippen LogP) is 4.37. The molecular formula is C29H29N7O. The predicted molar refractivity (Wildman–Crippen MR) is 147 cm³/mol. The highest BCUT2D eigenvalue weighted by atomic mass is 16.1. The summed E-state index contributed by atoms with van der Waals surface area (Å²) in [6, 6.07) is 25.2. The first-order valence-corrected chi connectivity index (χ1v) is 12.7. The van der Waals surface area contributed by atoms with Crippen molar-refractivity contribution < 1.29 is 0 Å². The average Bonchev–Trinajstić information content (AvgIpc) is 3.48. The van der Waals surface area contributed by atoms with Crippen LogP contribution in [0.25, 0.3) is 38.8 Å². The van der Waals surface area contributed by atoms with Gasteiger partial charge < -0.3 is 9.88 Å². The summed E-state index contributed by atoms with van der Waals surface area (Å²) in [7, 11) is 0. The minimum atomic E-state index is -0.114. The molecule has 0 saturated carbocycles. The number of pyridine rings is 1. The SMILES string of the molecule is CC(C)N1CCN(c2ccc(-c3ccc4[nH]c(=O)c(-c5ccc(-n6cnnn6)cc5)cc4c3)cc2)CC1. The Balaban J connectivity index is 1.25. The Kier molecular flexibility index (Phi) is 6.02. The normalized spacial score (nSPS) is 14.5. The van der Waals surface area contributed by atoms with Crippen molar-refractivity contribution in [1.82, 2.24) is 30.1 Å². The summed E-state index contributed by atoms with van der Waals surface area (Å²) in [6.45, 7) is 8.85. The maximum atomic E-state index is 12.8. The fourth-order valence-corrected chi connectivity index (χ4v) is 5.04. The van der Waals surface area contributed by atoms with Gasteiger partial charge in [0.2, 0.25) is 0 Å². The lowest BCUT2D eigenvalue weighted by Crippen LogP contribution is -2.48. The molecule has 8 nitrogen and oxygen atoms in total. The summed E-state index contributed by atoms with van der Waals surface area (Å²) >= 11 is 0. The molecule has 0 bridgehead atoms. The quantitative estimate of drug-likeness (QED) is 0.393. The van der Waals surface area contributed by atoms with Gasteiger partial charge in [-0.05, 0) is 88.8 Å². The minimum Gasteiger partial charge on any atom is -0.369 e. The van der Waals surface area contributed by atoms with Gasteiger partial charge in [0.15, 0.2) is 0 Å². The van der Waals surface area contributed by atoms with Gasteiger partial charge >= 0.3 is 0 Å². The van der Waals surface area contributed by atoms with Gasteiger partial charge in [-0.15, -0.1) is 5.10 Å². The summed E-state index contributed by atoms with van der Waals surface area (Å²) < 4.78 is 1.58. The number of rotatable bonds is 5. The molecule has 0 atom stereocenters. The Morgan fingerprint density at radius 1 is 0.784 bits per heavy atom. The number of aromatic amines is 1. The standard InChI is InChI=1S/C29H29N7O/c1-20(2)34-13-15-35(16-14-34)25-8-3-21(4-9-25)23-7-12-28-24(17-23)18-27(29(37)31-28)22-5-10-26(11-6-22)36-19-30-32-33-36/h3-12,17-20H,13-16H2,1-2H3,(H,31,37). The zero-order valence-electron chi connectivity index (χ0n) is 21.0. The summed E-state index contributed by atoms with van der Waals surface area (Å²) in [5.41, 5.74) is 6.56. The number of hydrogen-bond donors (Lipinski definition) is 1. The molecule has 186 valence electrons. The number of aromatic nitrogens is 5. The highest BCUT2D eigenvalue weighted by molar-refractivity contribution is 5.88. The highest BCUT2D eigenvalue weighted by Gasteiger charge is 2.19. The van der Waals surface area contributed by atoms with Gasteiger partial charge in [0, 0.05) is 49.0 Å². The van der Waals surface area contributed by atoms with Gasteiger partial charge in [0.25, 0.3) is 5.56 Å². The number of anilines is 1. The van der Waals surface area contributed by atoms with Crippen LogP contribution in [0.4, 0.5) is 5.69 Å². The summed E-state index contributed by atoms with van der Waals surface area (Å²) in [5, 5.41) is 12.2. The minimum absolute atomic E-state index is 0.114. The smallest absolute Gasteiger partial charge is 0.256 e. The molecule has 1 saturated heterocycles. The molecule has 37 heavy (non-hydrogen) atoms. The summed E-state index contributed by atoms with van der Waals surface area (Å²) in [4.78, 5) is 20.9. The van der Waals surface area contributed by atoms with Crippen LogP contribution in [0.15, 0.2) is 83.9 Å². The molecule has 1 aliphatic rings. The number of benzene rings is 3. The lowest BCUT2D eigenvalue weighted by atomic mass is 10.00. The Hall–Kier alpha value is -4.30. The second-order valence-electron chi connectivity index (χ2n) is 9.78. The Morgan fingerprint density at radius 3 is 2.14 bits per heavy atom. The Morgan fingerprint density at radius 2 is 1.46 bits per heavy atom. The van der Waals surface area contributed by atoms with E-state index in [1.54, 1.807) is 11.0 Å². The molecule has 3 aromatic carbocycles. The van der Waals surface area contributed by atoms with E-state index in [0.29, 0.717) is 11.6 Å². The van der Waals surface area contributed by atoms with E-state index in [4.69, 9.17) is 0 Å². The Bertz CT molecular complexity index is 1560. The zero-order valence-corrected chi connectivity index (χ0v) is 21.0. The third-order valence-electron chi connectivity index (χ3n) is 7.25. The molecule has 2 aromatic heterocycles. The second kappa shape index (κ2) is 9.63. The van der Waals surface area contributed by atoms with Crippen molar-refractivity contribution in [3.63, 3.8) is 0 Å². The van der Waals surface area contributed by atoms with Gasteiger partial charge in [-0.25, -0.2) is 4.68 Å². The van der Waals surface area contributed by atoms with Crippen LogP contribution in [0.2, 0.25) is 0 Å². The molecule has 1 aliphatic heterocycles. The van der Waals surface area contributed by atoms with Crippen molar-refractivity contribution in [2.75, 3.05) is 31.1 Å². The molecule has 1 N–H and O–H groups in total. The van der Waals surface area contributed by atoms with E-state index in [-0.39, 0.29) is 5.56 Å². The zero-order chi connectivity index (χ0) is 25.4. The maximum absolute atomic E-state index is 12.8.